The van der Waals surface area contributed by atoms with Gasteiger partial charge in [0, 0.05) is 50.6 Å². The average Bonchev–Trinajstić information content (AvgIpc) is 2.72. The maximum Gasteiger partial charge on any atom is 0.253 e. The number of nitrogens with zero attached hydrogens (tertiary/aromatic N) is 3. The van der Waals surface area contributed by atoms with Crippen molar-refractivity contribution in [2.24, 2.45) is 5.41 Å². The van der Waals surface area contributed by atoms with E-state index in [-0.39, 0.29) is 17.2 Å². The molecule has 6 heteroatoms. The number of aromatic nitrogens is 1. The van der Waals surface area contributed by atoms with Gasteiger partial charge in [0.1, 0.15) is 5.82 Å². The summed E-state index contributed by atoms with van der Waals surface area (Å²) in [4.78, 5) is 33.0. The van der Waals surface area contributed by atoms with Crippen molar-refractivity contribution in [2.75, 3.05) is 19.6 Å². The first-order valence-corrected chi connectivity index (χ1v) is 9.76. The monoisotopic (exact) mass is 381 g/mol. The van der Waals surface area contributed by atoms with Gasteiger partial charge in [-0.05, 0) is 54.5 Å². The lowest BCUT2D eigenvalue weighted by atomic mass is 9.72. The molecule has 2 aromatic rings. The van der Waals surface area contributed by atoms with E-state index in [2.05, 4.69) is 4.98 Å². The van der Waals surface area contributed by atoms with E-state index in [1.165, 1.54) is 12.1 Å². The molecule has 2 saturated heterocycles. The van der Waals surface area contributed by atoms with Crippen molar-refractivity contribution in [1.82, 2.24) is 14.8 Å². The third-order valence-electron chi connectivity index (χ3n) is 6.03. The van der Waals surface area contributed by atoms with E-state index in [9.17, 15) is 14.0 Å². The van der Waals surface area contributed by atoms with Crippen molar-refractivity contribution in [2.45, 2.75) is 32.2 Å². The fourth-order valence-corrected chi connectivity index (χ4v) is 4.35. The number of rotatable bonds is 3. The lowest BCUT2D eigenvalue weighted by Crippen LogP contribution is -2.52. The van der Waals surface area contributed by atoms with E-state index in [0.717, 1.165) is 31.4 Å². The number of pyridine rings is 1. The largest absolute Gasteiger partial charge is 0.339 e. The van der Waals surface area contributed by atoms with E-state index in [1.54, 1.807) is 24.5 Å². The lowest BCUT2D eigenvalue weighted by Gasteiger charge is -2.47. The standard InChI is InChI=1S/C22H24FN3O2/c23-19-5-1-4-18(13-19)21(28)25-11-8-22(9-12-25)7-6-20(27)26(16-22)15-17-3-2-10-24-14-17/h1-5,10,13-14H,6-9,11-12,15-16H2. The third kappa shape index (κ3) is 3.91. The van der Waals surface area contributed by atoms with Gasteiger partial charge in [0.25, 0.3) is 5.91 Å². The molecule has 2 aliphatic heterocycles. The number of hydrogen-bond acceptors (Lipinski definition) is 3. The van der Waals surface area contributed by atoms with Crippen LogP contribution in [0.5, 0.6) is 0 Å². The number of amides is 2. The van der Waals surface area contributed by atoms with Crippen LogP contribution in [0.2, 0.25) is 0 Å². The van der Waals surface area contributed by atoms with E-state index in [4.69, 9.17) is 0 Å². The SMILES string of the molecule is O=C1CCC2(CCN(C(=O)c3cccc(F)c3)CC2)CN1Cc1cccnc1. The highest BCUT2D eigenvalue weighted by Gasteiger charge is 2.41. The molecular weight excluding hydrogens is 357 g/mol. The minimum Gasteiger partial charge on any atom is -0.339 e. The Kier molecular flexibility index (Phi) is 5.11. The third-order valence-corrected chi connectivity index (χ3v) is 6.03. The van der Waals surface area contributed by atoms with Crippen LogP contribution in [-0.4, -0.2) is 46.2 Å². The smallest absolute Gasteiger partial charge is 0.253 e. The molecule has 4 rings (SSSR count). The molecule has 0 aliphatic carbocycles. The average molecular weight is 381 g/mol. The topological polar surface area (TPSA) is 53.5 Å². The van der Waals surface area contributed by atoms with Crippen molar-refractivity contribution < 1.29 is 14.0 Å². The number of carbonyl (C=O) groups excluding carboxylic acids is 2. The number of likely N-dealkylation sites (tertiary alicyclic amines) is 2. The van der Waals surface area contributed by atoms with Gasteiger partial charge in [-0.3, -0.25) is 14.6 Å². The highest BCUT2D eigenvalue weighted by molar-refractivity contribution is 5.94. The Bertz CT molecular complexity index is 863. The second-order valence-electron chi connectivity index (χ2n) is 7.91. The van der Waals surface area contributed by atoms with Gasteiger partial charge in [-0.2, -0.15) is 0 Å². The van der Waals surface area contributed by atoms with Crippen molar-refractivity contribution in [3.63, 3.8) is 0 Å². The van der Waals surface area contributed by atoms with Gasteiger partial charge in [0.15, 0.2) is 0 Å². The quantitative estimate of drug-likeness (QED) is 0.820. The number of carbonyl (C=O) groups is 2. The molecular formula is C22H24FN3O2. The minimum absolute atomic E-state index is 0.0643. The van der Waals surface area contributed by atoms with Crippen molar-refractivity contribution in [3.8, 4) is 0 Å². The Morgan fingerprint density at radius 2 is 1.96 bits per heavy atom. The first-order chi connectivity index (χ1) is 13.5. The van der Waals surface area contributed by atoms with Gasteiger partial charge in [0.05, 0.1) is 0 Å². The number of benzene rings is 1. The Hall–Kier alpha value is -2.76. The molecule has 1 aromatic carbocycles. The highest BCUT2D eigenvalue weighted by atomic mass is 19.1. The molecule has 0 N–H and O–H groups in total. The zero-order valence-electron chi connectivity index (χ0n) is 15.8. The van der Waals surface area contributed by atoms with Crippen LogP contribution in [0, 0.1) is 11.2 Å². The van der Waals surface area contributed by atoms with Crippen LogP contribution >= 0.6 is 0 Å². The Balaban J connectivity index is 1.40. The molecule has 0 bridgehead atoms. The number of hydrogen-bond donors (Lipinski definition) is 0. The molecule has 1 spiro atoms. The molecule has 2 fully saturated rings. The summed E-state index contributed by atoms with van der Waals surface area (Å²) < 4.78 is 13.4. The molecule has 2 aliphatic rings. The van der Waals surface area contributed by atoms with Crippen LogP contribution in [0.3, 0.4) is 0 Å². The Labute approximate surface area is 164 Å². The second kappa shape index (κ2) is 7.70. The summed E-state index contributed by atoms with van der Waals surface area (Å²) >= 11 is 0. The lowest BCUT2D eigenvalue weighted by molar-refractivity contribution is -0.139. The summed E-state index contributed by atoms with van der Waals surface area (Å²) in [5.41, 5.74) is 1.49. The van der Waals surface area contributed by atoms with Crippen LogP contribution in [-0.2, 0) is 11.3 Å². The summed E-state index contributed by atoms with van der Waals surface area (Å²) in [6.45, 7) is 2.59. The molecule has 146 valence electrons. The molecule has 2 amide bonds. The maximum atomic E-state index is 13.4. The first-order valence-electron chi connectivity index (χ1n) is 9.76. The first kappa shape index (κ1) is 18.6. The summed E-state index contributed by atoms with van der Waals surface area (Å²) in [6.07, 6.45) is 6.69. The van der Waals surface area contributed by atoms with E-state index in [0.29, 0.717) is 31.6 Å². The molecule has 0 saturated carbocycles. The van der Waals surface area contributed by atoms with Crippen molar-refractivity contribution in [1.29, 1.82) is 0 Å². The zero-order chi connectivity index (χ0) is 19.6. The van der Waals surface area contributed by atoms with Crippen molar-refractivity contribution in [3.05, 3.63) is 65.7 Å². The maximum absolute atomic E-state index is 13.4. The number of piperidine rings is 2. The van der Waals surface area contributed by atoms with Crippen LogP contribution in [0.4, 0.5) is 4.39 Å². The second-order valence-corrected chi connectivity index (χ2v) is 7.91. The van der Waals surface area contributed by atoms with Gasteiger partial charge in [0.2, 0.25) is 5.91 Å². The zero-order valence-corrected chi connectivity index (χ0v) is 15.8. The summed E-state index contributed by atoms with van der Waals surface area (Å²) in [7, 11) is 0. The van der Waals surface area contributed by atoms with Crippen LogP contribution in [0.1, 0.15) is 41.6 Å². The van der Waals surface area contributed by atoms with Gasteiger partial charge >= 0.3 is 0 Å². The Morgan fingerprint density at radius 3 is 2.68 bits per heavy atom. The van der Waals surface area contributed by atoms with Gasteiger partial charge in [-0.15, -0.1) is 0 Å². The molecule has 0 unspecified atom stereocenters. The van der Waals surface area contributed by atoms with Crippen LogP contribution < -0.4 is 0 Å². The molecule has 28 heavy (non-hydrogen) atoms. The highest BCUT2D eigenvalue weighted by Crippen LogP contribution is 2.40. The normalized spacial score (nSPS) is 19.1. The fraction of sp³-hybridized carbons (Fsp3) is 0.409. The van der Waals surface area contributed by atoms with Crippen molar-refractivity contribution >= 4 is 11.8 Å². The van der Waals surface area contributed by atoms with Gasteiger partial charge in [-0.25, -0.2) is 4.39 Å². The molecule has 1 aromatic heterocycles. The predicted octanol–water partition coefficient (Wildman–Crippen LogP) is 3.27. The van der Waals surface area contributed by atoms with Gasteiger partial charge < -0.3 is 9.80 Å². The van der Waals surface area contributed by atoms with E-state index < -0.39 is 5.82 Å². The Morgan fingerprint density at radius 1 is 1.14 bits per heavy atom. The van der Waals surface area contributed by atoms with Gasteiger partial charge in [-0.1, -0.05) is 12.1 Å². The summed E-state index contributed by atoms with van der Waals surface area (Å²) in [5, 5.41) is 0. The molecule has 3 heterocycles. The fourth-order valence-electron chi connectivity index (χ4n) is 4.35. The van der Waals surface area contributed by atoms with E-state index >= 15 is 0 Å². The molecule has 5 nitrogen and oxygen atoms in total. The summed E-state index contributed by atoms with van der Waals surface area (Å²) in [5.74, 6) is -0.322. The number of halogens is 1. The summed E-state index contributed by atoms with van der Waals surface area (Å²) in [6, 6.07) is 9.74. The molecule has 0 radical (unpaired) electrons. The minimum atomic E-state index is -0.392. The predicted molar refractivity (Wildman–Crippen MR) is 103 cm³/mol. The van der Waals surface area contributed by atoms with Crippen LogP contribution in [0.15, 0.2) is 48.8 Å². The van der Waals surface area contributed by atoms with E-state index in [1.807, 2.05) is 21.9 Å². The molecule has 0 atom stereocenters. The van der Waals surface area contributed by atoms with Crippen LogP contribution in [0.25, 0.3) is 0 Å².